The van der Waals surface area contributed by atoms with Crippen LogP contribution in [0.25, 0.3) is 6.08 Å². The Morgan fingerprint density at radius 2 is 1.76 bits per heavy atom. The van der Waals surface area contributed by atoms with Crippen molar-refractivity contribution in [1.82, 2.24) is 9.80 Å². The van der Waals surface area contributed by atoms with Gasteiger partial charge in [-0.2, -0.15) is 5.26 Å². The molecule has 1 aliphatic heterocycles. The van der Waals surface area contributed by atoms with Crippen LogP contribution in [0.3, 0.4) is 0 Å². The van der Waals surface area contributed by atoms with E-state index in [0.717, 1.165) is 5.56 Å². The maximum atomic E-state index is 12.3. The van der Waals surface area contributed by atoms with E-state index in [-0.39, 0.29) is 17.9 Å². The second-order valence-electron chi connectivity index (χ2n) is 6.50. The molecule has 132 valence electrons. The molecule has 0 aromatic heterocycles. The molecule has 1 unspecified atom stereocenters. The Kier molecular flexibility index (Phi) is 6.31. The first-order chi connectivity index (χ1) is 11.9. The minimum absolute atomic E-state index is 0.0447. The average molecular weight is 340 g/mol. The molecule has 2 N–H and O–H groups in total. The van der Waals surface area contributed by atoms with Crippen molar-refractivity contribution < 1.29 is 9.59 Å². The Hall–Kier alpha value is -2.65. The largest absolute Gasteiger partial charge is 0.366 e. The third kappa shape index (κ3) is 4.91. The molecule has 1 atom stereocenters. The zero-order valence-electron chi connectivity index (χ0n) is 14.7. The van der Waals surface area contributed by atoms with Crippen molar-refractivity contribution in [2.24, 2.45) is 11.7 Å². The summed E-state index contributed by atoms with van der Waals surface area (Å²) >= 11 is 0. The summed E-state index contributed by atoms with van der Waals surface area (Å²) in [6.07, 6.45) is 3.27. The van der Waals surface area contributed by atoms with Crippen LogP contribution in [0.2, 0.25) is 0 Å². The molecule has 1 aromatic carbocycles. The van der Waals surface area contributed by atoms with E-state index in [1.807, 2.05) is 13.8 Å². The molecule has 2 amide bonds. The van der Waals surface area contributed by atoms with E-state index in [9.17, 15) is 14.9 Å². The minimum Gasteiger partial charge on any atom is -0.366 e. The summed E-state index contributed by atoms with van der Waals surface area (Å²) < 4.78 is 0. The van der Waals surface area contributed by atoms with Crippen LogP contribution < -0.4 is 5.73 Å². The monoisotopic (exact) mass is 340 g/mol. The number of amides is 2. The van der Waals surface area contributed by atoms with E-state index in [0.29, 0.717) is 31.7 Å². The Labute approximate surface area is 148 Å². The standard InChI is InChI=1S/C19H24N4O2/c1-14(2)17(13-20)22-9-11-23(12-10-22)18(24)8-5-15-3-6-16(7-4-15)19(21)25/h3-8,14,17H,9-12H2,1-2H3,(H2,21,25)/b8-5+. The van der Waals surface area contributed by atoms with E-state index in [1.165, 1.54) is 0 Å². The van der Waals surface area contributed by atoms with Gasteiger partial charge in [-0.15, -0.1) is 0 Å². The van der Waals surface area contributed by atoms with Crippen molar-refractivity contribution in [3.05, 3.63) is 41.5 Å². The second kappa shape index (κ2) is 8.45. The van der Waals surface area contributed by atoms with Gasteiger partial charge in [-0.1, -0.05) is 26.0 Å². The van der Waals surface area contributed by atoms with Crippen LogP contribution in [0, 0.1) is 17.2 Å². The first-order valence-electron chi connectivity index (χ1n) is 8.43. The highest BCUT2D eigenvalue weighted by Gasteiger charge is 2.26. The Balaban J connectivity index is 1.90. The zero-order chi connectivity index (χ0) is 18.4. The molecule has 1 aromatic rings. The highest BCUT2D eigenvalue weighted by molar-refractivity contribution is 5.94. The number of piperazine rings is 1. The van der Waals surface area contributed by atoms with Crippen molar-refractivity contribution in [3.8, 4) is 6.07 Å². The molecule has 0 saturated carbocycles. The lowest BCUT2D eigenvalue weighted by molar-refractivity contribution is -0.127. The maximum absolute atomic E-state index is 12.3. The number of nitrogens with zero attached hydrogens (tertiary/aromatic N) is 3. The number of hydrogen-bond donors (Lipinski definition) is 1. The molecular weight excluding hydrogens is 316 g/mol. The molecule has 2 rings (SSSR count). The van der Waals surface area contributed by atoms with Crippen LogP contribution >= 0.6 is 0 Å². The van der Waals surface area contributed by atoms with E-state index >= 15 is 0 Å². The quantitative estimate of drug-likeness (QED) is 0.822. The summed E-state index contributed by atoms with van der Waals surface area (Å²) in [5, 5.41) is 9.28. The van der Waals surface area contributed by atoms with Gasteiger partial charge in [-0.25, -0.2) is 0 Å². The van der Waals surface area contributed by atoms with E-state index in [1.54, 1.807) is 41.3 Å². The first-order valence-corrected chi connectivity index (χ1v) is 8.43. The fourth-order valence-electron chi connectivity index (χ4n) is 2.90. The van der Waals surface area contributed by atoms with Crippen molar-refractivity contribution in [1.29, 1.82) is 5.26 Å². The molecule has 6 heteroatoms. The summed E-state index contributed by atoms with van der Waals surface area (Å²) in [6.45, 7) is 6.74. The molecule has 1 aliphatic rings. The fourth-order valence-corrected chi connectivity index (χ4v) is 2.90. The Bertz CT molecular complexity index is 680. The third-order valence-corrected chi connectivity index (χ3v) is 4.40. The number of nitrogens with two attached hydrogens (primary N) is 1. The molecule has 1 fully saturated rings. The molecule has 6 nitrogen and oxygen atoms in total. The van der Waals surface area contributed by atoms with Crippen molar-refractivity contribution >= 4 is 17.9 Å². The molecule has 25 heavy (non-hydrogen) atoms. The molecule has 0 radical (unpaired) electrons. The number of primary amides is 1. The van der Waals surface area contributed by atoms with Gasteiger partial charge in [0.05, 0.1) is 6.07 Å². The summed E-state index contributed by atoms with van der Waals surface area (Å²) in [7, 11) is 0. The van der Waals surface area contributed by atoms with Gasteiger partial charge in [0.15, 0.2) is 0 Å². The van der Waals surface area contributed by atoms with Crippen LogP contribution in [0.4, 0.5) is 0 Å². The van der Waals surface area contributed by atoms with Crippen molar-refractivity contribution in [3.63, 3.8) is 0 Å². The Morgan fingerprint density at radius 1 is 1.16 bits per heavy atom. The van der Waals surface area contributed by atoms with Gasteiger partial charge in [-0.3, -0.25) is 14.5 Å². The molecule has 1 heterocycles. The normalized spacial score (nSPS) is 16.8. The Morgan fingerprint density at radius 3 is 2.24 bits per heavy atom. The highest BCUT2D eigenvalue weighted by atomic mass is 16.2. The van der Waals surface area contributed by atoms with Gasteiger partial charge >= 0.3 is 0 Å². The van der Waals surface area contributed by atoms with E-state index in [4.69, 9.17) is 5.73 Å². The smallest absolute Gasteiger partial charge is 0.248 e. The van der Waals surface area contributed by atoms with Gasteiger partial charge in [0.2, 0.25) is 11.8 Å². The van der Waals surface area contributed by atoms with Crippen LogP contribution in [-0.4, -0.2) is 53.8 Å². The predicted molar refractivity (Wildman–Crippen MR) is 96.4 cm³/mol. The lowest BCUT2D eigenvalue weighted by atomic mass is 10.0. The van der Waals surface area contributed by atoms with E-state index in [2.05, 4.69) is 11.0 Å². The number of hydrogen-bond acceptors (Lipinski definition) is 4. The maximum Gasteiger partial charge on any atom is 0.248 e. The zero-order valence-corrected chi connectivity index (χ0v) is 14.7. The van der Waals surface area contributed by atoms with Gasteiger partial charge in [0, 0.05) is 37.8 Å². The molecule has 0 spiro atoms. The third-order valence-electron chi connectivity index (χ3n) is 4.40. The summed E-state index contributed by atoms with van der Waals surface area (Å²) in [6, 6.07) is 9.03. The molecule has 0 aliphatic carbocycles. The minimum atomic E-state index is -0.471. The lowest BCUT2D eigenvalue weighted by Crippen LogP contribution is -2.52. The fraction of sp³-hybridized carbons (Fsp3) is 0.421. The van der Waals surface area contributed by atoms with Crippen LogP contribution in [-0.2, 0) is 4.79 Å². The first kappa shape index (κ1) is 18.7. The van der Waals surface area contributed by atoms with Crippen LogP contribution in [0.15, 0.2) is 30.3 Å². The van der Waals surface area contributed by atoms with E-state index < -0.39 is 5.91 Å². The molecule has 0 bridgehead atoms. The summed E-state index contributed by atoms with van der Waals surface area (Å²) in [5.41, 5.74) is 6.48. The SMILES string of the molecule is CC(C)C(C#N)N1CCN(C(=O)/C=C/c2ccc(C(N)=O)cc2)CC1. The lowest BCUT2D eigenvalue weighted by Gasteiger charge is -2.37. The number of carbonyl (C=O) groups excluding carboxylic acids is 2. The van der Waals surface area contributed by atoms with Crippen LogP contribution in [0.1, 0.15) is 29.8 Å². The van der Waals surface area contributed by atoms with Crippen LogP contribution in [0.5, 0.6) is 0 Å². The summed E-state index contributed by atoms with van der Waals surface area (Å²) in [4.78, 5) is 27.3. The topological polar surface area (TPSA) is 90.4 Å². The highest BCUT2D eigenvalue weighted by Crippen LogP contribution is 2.14. The van der Waals surface area contributed by atoms with Gasteiger partial charge < -0.3 is 10.6 Å². The number of carbonyl (C=O) groups is 2. The number of rotatable bonds is 5. The van der Waals surface area contributed by atoms with Gasteiger partial charge in [0.25, 0.3) is 0 Å². The second-order valence-corrected chi connectivity index (χ2v) is 6.50. The summed E-state index contributed by atoms with van der Waals surface area (Å²) in [5.74, 6) is -0.242. The molecule has 1 saturated heterocycles. The number of benzene rings is 1. The van der Waals surface area contributed by atoms with Gasteiger partial charge in [0.1, 0.15) is 6.04 Å². The van der Waals surface area contributed by atoms with Gasteiger partial charge in [-0.05, 0) is 29.7 Å². The average Bonchev–Trinajstić information content (AvgIpc) is 2.61. The molecular formula is C19H24N4O2. The predicted octanol–water partition coefficient (Wildman–Crippen LogP) is 1.49. The number of nitriles is 1. The van der Waals surface area contributed by atoms with Crippen molar-refractivity contribution in [2.45, 2.75) is 19.9 Å². The van der Waals surface area contributed by atoms with Crippen molar-refractivity contribution in [2.75, 3.05) is 26.2 Å².